The summed E-state index contributed by atoms with van der Waals surface area (Å²) in [6.07, 6.45) is 3.23. The van der Waals surface area contributed by atoms with Crippen molar-refractivity contribution in [2.24, 2.45) is 5.73 Å². The van der Waals surface area contributed by atoms with Gasteiger partial charge in [0.1, 0.15) is 6.29 Å². The molecule has 1 heterocycles. The summed E-state index contributed by atoms with van der Waals surface area (Å²) >= 11 is 0. The van der Waals surface area contributed by atoms with E-state index in [0.717, 1.165) is 22.8 Å². The maximum Gasteiger partial charge on any atom is 0.137 e. The number of H-pyrrole nitrogens is 1. The molecule has 1 aromatic heterocycles. The van der Waals surface area contributed by atoms with Crippen LogP contribution in [0, 0.1) is 6.07 Å². The highest BCUT2D eigenvalue weighted by atomic mass is 16.1. The Hall–Kier alpha value is -1.61. The molecule has 1 aromatic carbocycles. The quantitative estimate of drug-likeness (QED) is 0.705. The normalized spacial score (nSPS) is 12.9. The van der Waals surface area contributed by atoms with Crippen LogP contribution in [0.25, 0.3) is 10.9 Å². The van der Waals surface area contributed by atoms with Crippen molar-refractivity contribution in [3.63, 3.8) is 0 Å². The van der Waals surface area contributed by atoms with Gasteiger partial charge < -0.3 is 15.5 Å². The Morgan fingerprint density at radius 1 is 1.64 bits per heavy atom. The van der Waals surface area contributed by atoms with Crippen molar-refractivity contribution >= 4 is 17.2 Å². The predicted octanol–water partition coefficient (Wildman–Crippen LogP) is 1.04. The lowest BCUT2D eigenvalue weighted by Gasteiger charge is -2.01. The van der Waals surface area contributed by atoms with Gasteiger partial charge in [-0.15, -0.1) is 0 Å². The molecule has 3 heteroatoms. The molecule has 0 aliphatic rings. The Labute approximate surface area is 81.9 Å². The standard InChI is InChI=1S/C11H11N2O/c12-9(7-14)5-8-6-13-11-4-2-1-3-10(8)11/h2-4,6-7,9,13H,5,12H2/t9-/m0/s1. The topological polar surface area (TPSA) is 58.9 Å². The minimum Gasteiger partial charge on any atom is -0.361 e. The van der Waals surface area contributed by atoms with E-state index in [1.54, 1.807) is 0 Å². The summed E-state index contributed by atoms with van der Waals surface area (Å²) in [5.41, 5.74) is 7.68. The molecule has 0 bridgehead atoms. The second-order valence-electron chi connectivity index (χ2n) is 3.29. The first kappa shape index (κ1) is 8.97. The third-order valence-corrected chi connectivity index (χ3v) is 2.24. The molecule has 3 N–H and O–H groups in total. The van der Waals surface area contributed by atoms with Crippen molar-refractivity contribution in [3.05, 3.63) is 36.0 Å². The summed E-state index contributed by atoms with van der Waals surface area (Å²) in [5, 5.41) is 1.09. The fourth-order valence-electron chi connectivity index (χ4n) is 1.54. The van der Waals surface area contributed by atoms with Crippen LogP contribution < -0.4 is 5.73 Å². The average molecular weight is 187 g/mol. The van der Waals surface area contributed by atoms with E-state index in [4.69, 9.17) is 5.73 Å². The molecule has 3 nitrogen and oxygen atoms in total. The first-order valence-electron chi connectivity index (χ1n) is 4.48. The van der Waals surface area contributed by atoms with Gasteiger partial charge in [-0.25, -0.2) is 0 Å². The van der Waals surface area contributed by atoms with Crippen LogP contribution in [-0.4, -0.2) is 17.3 Å². The Morgan fingerprint density at radius 3 is 3.29 bits per heavy atom. The zero-order valence-electron chi connectivity index (χ0n) is 7.66. The first-order valence-corrected chi connectivity index (χ1v) is 4.48. The number of nitrogens with two attached hydrogens (primary N) is 1. The Bertz CT molecular complexity index is 447. The molecule has 0 saturated carbocycles. The molecule has 1 radical (unpaired) electrons. The largest absolute Gasteiger partial charge is 0.361 e. The summed E-state index contributed by atoms with van der Waals surface area (Å²) in [7, 11) is 0. The second kappa shape index (κ2) is 3.64. The molecule has 2 rings (SSSR count). The van der Waals surface area contributed by atoms with E-state index in [1.165, 1.54) is 0 Å². The van der Waals surface area contributed by atoms with Gasteiger partial charge in [-0.1, -0.05) is 6.07 Å². The minimum absolute atomic E-state index is 0.422. The molecule has 0 saturated heterocycles. The van der Waals surface area contributed by atoms with Gasteiger partial charge >= 0.3 is 0 Å². The fraction of sp³-hybridized carbons (Fsp3) is 0.182. The number of aromatic amines is 1. The lowest BCUT2D eigenvalue weighted by molar-refractivity contribution is -0.108. The first-order chi connectivity index (χ1) is 6.81. The van der Waals surface area contributed by atoms with E-state index in [1.807, 2.05) is 24.4 Å². The number of aldehydes is 1. The van der Waals surface area contributed by atoms with Crippen LogP contribution >= 0.6 is 0 Å². The number of carbonyl (C=O) groups excluding carboxylic acids is 1. The Morgan fingerprint density at radius 2 is 2.50 bits per heavy atom. The van der Waals surface area contributed by atoms with Crippen molar-refractivity contribution in [3.8, 4) is 0 Å². The van der Waals surface area contributed by atoms with E-state index in [9.17, 15) is 4.79 Å². The van der Waals surface area contributed by atoms with Gasteiger partial charge in [0.25, 0.3) is 0 Å². The van der Waals surface area contributed by atoms with E-state index >= 15 is 0 Å². The monoisotopic (exact) mass is 187 g/mol. The number of nitrogens with one attached hydrogen (secondary N) is 1. The van der Waals surface area contributed by atoms with Crippen LogP contribution in [0.5, 0.6) is 0 Å². The molecular weight excluding hydrogens is 176 g/mol. The molecule has 0 fully saturated rings. The van der Waals surface area contributed by atoms with E-state index in [0.29, 0.717) is 6.42 Å². The smallest absolute Gasteiger partial charge is 0.137 e. The summed E-state index contributed by atoms with van der Waals surface area (Å²) in [6.45, 7) is 0. The average Bonchev–Trinajstić information content (AvgIpc) is 2.62. The van der Waals surface area contributed by atoms with Crippen molar-refractivity contribution in [2.45, 2.75) is 12.5 Å². The van der Waals surface area contributed by atoms with Crippen molar-refractivity contribution < 1.29 is 4.79 Å². The fourth-order valence-corrected chi connectivity index (χ4v) is 1.54. The number of aromatic nitrogens is 1. The van der Waals surface area contributed by atoms with Crippen molar-refractivity contribution in [1.29, 1.82) is 0 Å². The summed E-state index contributed by atoms with van der Waals surface area (Å²) < 4.78 is 0. The van der Waals surface area contributed by atoms with Gasteiger partial charge in [0, 0.05) is 17.1 Å². The van der Waals surface area contributed by atoms with Gasteiger partial charge in [-0.05, 0) is 30.2 Å². The summed E-state index contributed by atoms with van der Waals surface area (Å²) in [6, 6.07) is 8.28. The van der Waals surface area contributed by atoms with Gasteiger partial charge in [-0.3, -0.25) is 0 Å². The molecule has 2 aromatic rings. The Kier molecular flexibility index (Phi) is 2.33. The maximum absolute atomic E-state index is 10.4. The third kappa shape index (κ3) is 1.54. The number of benzene rings is 1. The summed E-state index contributed by atoms with van der Waals surface area (Å²) in [4.78, 5) is 13.6. The van der Waals surface area contributed by atoms with Crippen LogP contribution in [0.2, 0.25) is 0 Å². The number of rotatable bonds is 3. The van der Waals surface area contributed by atoms with Gasteiger partial charge in [-0.2, -0.15) is 0 Å². The molecule has 0 spiro atoms. The van der Waals surface area contributed by atoms with Crippen LogP contribution in [-0.2, 0) is 11.2 Å². The lowest BCUT2D eigenvalue weighted by atomic mass is 10.1. The third-order valence-electron chi connectivity index (χ3n) is 2.24. The lowest BCUT2D eigenvalue weighted by Crippen LogP contribution is -2.23. The highest BCUT2D eigenvalue weighted by Crippen LogP contribution is 2.17. The second-order valence-corrected chi connectivity index (χ2v) is 3.29. The van der Waals surface area contributed by atoms with E-state index in [2.05, 4.69) is 11.1 Å². The number of fused-ring (bicyclic) bond motifs is 1. The van der Waals surface area contributed by atoms with Gasteiger partial charge in [0.05, 0.1) is 6.04 Å². The number of carbonyl (C=O) groups is 1. The van der Waals surface area contributed by atoms with Crippen LogP contribution in [0.3, 0.4) is 0 Å². The SMILES string of the molecule is N[C@H](C=O)Cc1c[nH]c2cc[c]cc12. The zero-order chi connectivity index (χ0) is 9.97. The maximum atomic E-state index is 10.4. The van der Waals surface area contributed by atoms with Crippen LogP contribution in [0.15, 0.2) is 24.4 Å². The summed E-state index contributed by atoms with van der Waals surface area (Å²) in [5.74, 6) is 0. The molecular formula is C11H11N2O. The number of hydrogen-bond acceptors (Lipinski definition) is 2. The minimum atomic E-state index is -0.422. The van der Waals surface area contributed by atoms with E-state index in [-0.39, 0.29) is 0 Å². The zero-order valence-corrected chi connectivity index (χ0v) is 7.66. The molecule has 0 amide bonds. The van der Waals surface area contributed by atoms with Crippen molar-refractivity contribution in [2.75, 3.05) is 0 Å². The molecule has 0 unspecified atom stereocenters. The highest BCUT2D eigenvalue weighted by molar-refractivity contribution is 5.83. The number of hydrogen-bond donors (Lipinski definition) is 2. The molecule has 1 atom stereocenters. The highest BCUT2D eigenvalue weighted by Gasteiger charge is 2.06. The molecule has 14 heavy (non-hydrogen) atoms. The van der Waals surface area contributed by atoms with Crippen LogP contribution in [0.4, 0.5) is 0 Å². The van der Waals surface area contributed by atoms with E-state index < -0.39 is 6.04 Å². The van der Waals surface area contributed by atoms with Crippen LogP contribution in [0.1, 0.15) is 5.56 Å². The Balaban J connectivity index is 2.38. The molecule has 0 aliphatic heterocycles. The van der Waals surface area contributed by atoms with Gasteiger partial charge in [0.15, 0.2) is 0 Å². The molecule has 71 valence electrons. The van der Waals surface area contributed by atoms with Gasteiger partial charge in [0.2, 0.25) is 0 Å². The predicted molar refractivity (Wildman–Crippen MR) is 54.9 cm³/mol. The molecule has 0 aliphatic carbocycles. The van der Waals surface area contributed by atoms with Crippen molar-refractivity contribution in [1.82, 2.24) is 4.98 Å².